The lowest BCUT2D eigenvalue weighted by atomic mass is 9.92. The zero-order chi connectivity index (χ0) is 7.61. The lowest BCUT2D eigenvalue weighted by Crippen LogP contribution is -2.27. The van der Waals surface area contributed by atoms with E-state index >= 15 is 0 Å². The third-order valence-corrected chi connectivity index (χ3v) is 2.84. The summed E-state index contributed by atoms with van der Waals surface area (Å²) in [6.45, 7) is 9.21. The van der Waals surface area contributed by atoms with Gasteiger partial charge in [0.2, 0.25) is 0 Å². The Morgan fingerprint density at radius 3 is 2.30 bits per heavy atom. The van der Waals surface area contributed by atoms with Crippen molar-refractivity contribution in [2.24, 2.45) is 11.3 Å². The first kappa shape index (κ1) is 8.06. The van der Waals surface area contributed by atoms with Crippen molar-refractivity contribution < 1.29 is 0 Å². The van der Waals surface area contributed by atoms with E-state index in [1.165, 1.54) is 19.4 Å². The monoisotopic (exact) mass is 141 g/mol. The highest BCUT2D eigenvalue weighted by Gasteiger charge is 2.44. The van der Waals surface area contributed by atoms with Crippen LogP contribution in [0.3, 0.4) is 0 Å². The smallest absolute Gasteiger partial charge is 0.00101 e. The van der Waals surface area contributed by atoms with Gasteiger partial charge in [0.25, 0.3) is 0 Å². The topological polar surface area (TPSA) is 12.0 Å². The van der Waals surface area contributed by atoms with Gasteiger partial charge in [-0.3, -0.25) is 0 Å². The first-order chi connectivity index (χ1) is 4.71. The van der Waals surface area contributed by atoms with Crippen molar-refractivity contribution in [2.75, 3.05) is 13.1 Å². The molecule has 1 aliphatic carbocycles. The van der Waals surface area contributed by atoms with E-state index < -0.39 is 0 Å². The van der Waals surface area contributed by atoms with Crippen LogP contribution in [-0.2, 0) is 0 Å². The van der Waals surface area contributed by atoms with Gasteiger partial charge >= 0.3 is 0 Å². The van der Waals surface area contributed by atoms with Gasteiger partial charge in [0, 0.05) is 6.54 Å². The molecule has 0 aromatic rings. The molecule has 0 aliphatic heterocycles. The predicted molar refractivity (Wildman–Crippen MR) is 45.0 cm³/mol. The molecule has 1 N–H and O–H groups in total. The SMILES string of the molecule is CCNCC1(C(C)C)CC1. The van der Waals surface area contributed by atoms with E-state index in [0.717, 1.165) is 12.5 Å². The molecule has 0 amide bonds. The fourth-order valence-electron chi connectivity index (χ4n) is 1.49. The highest BCUT2D eigenvalue weighted by Crippen LogP contribution is 2.51. The summed E-state index contributed by atoms with van der Waals surface area (Å²) in [6.07, 6.45) is 2.88. The second-order valence-electron chi connectivity index (χ2n) is 3.80. The largest absolute Gasteiger partial charge is 0.316 e. The Labute approximate surface area is 64.2 Å². The van der Waals surface area contributed by atoms with Gasteiger partial charge in [0.1, 0.15) is 0 Å². The second-order valence-corrected chi connectivity index (χ2v) is 3.80. The highest BCUT2D eigenvalue weighted by atomic mass is 14.9. The lowest BCUT2D eigenvalue weighted by Gasteiger charge is -2.19. The minimum absolute atomic E-state index is 0.690. The Bertz CT molecular complexity index is 103. The van der Waals surface area contributed by atoms with E-state index in [0.29, 0.717) is 5.41 Å². The van der Waals surface area contributed by atoms with Crippen molar-refractivity contribution in [1.82, 2.24) is 5.32 Å². The lowest BCUT2D eigenvalue weighted by molar-refractivity contribution is 0.341. The number of rotatable bonds is 4. The predicted octanol–water partition coefficient (Wildman–Crippen LogP) is 2.03. The maximum atomic E-state index is 3.43. The van der Waals surface area contributed by atoms with Crippen LogP contribution in [0.5, 0.6) is 0 Å². The molecule has 0 saturated heterocycles. The summed E-state index contributed by atoms with van der Waals surface area (Å²) < 4.78 is 0. The third kappa shape index (κ3) is 1.51. The molecule has 0 atom stereocenters. The van der Waals surface area contributed by atoms with Gasteiger partial charge in [-0.25, -0.2) is 0 Å². The molecule has 1 heteroatoms. The molecule has 0 bridgehead atoms. The molecule has 1 fully saturated rings. The zero-order valence-electron chi connectivity index (χ0n) is 7.41. The van der Waals surface area contributed by atoms with Crippen molar-refractivity contribution in [3.05, 3.63) is 0 Å². The van der Waals surface area contributed by atoms with Crippen LogP contribution in [0.4, 0.5) is 0 Å². The van der Waals surface area contributed by atoms with Crippen molar-refractivity contribution in [3.8, 4) is 0 Å². The van der Waals surface area contributed by atoms with Gasteiger partial charge < -0.3 is 5.32 Å². The average Bonchev–Trinajstić information content (AvgIpc) is 2.64. The molecular weight excluding hydrogens is 122 g/mol. The van der Waals surface area contributed by atoms with Crippen LogP contribution < -0.4 is 5.32 Å². The number of hydrogen-bond donors (Lipinski definition) is 1. The maximum Gasteiger partial charge on any atom is 0.00101 e. The van der Waals surface area contributed by atoms with E-state index in [9.17, 15) is 0 Å². The average molecular weight is 141 g/mol. The summed E-state index contributed by atoms with van der Waals surface area (Å²) in [5, 5.41) is 3.43. The fraction of sp³-hybridized carbons (Fsp3) is 1.00. The van der Waals surface area contributed by atoms with Crippen molar-refractivity contribution in [1.29, 1.82) is 0 Å². The quantitative estimate of drug-likeness (QED) is 0.631. The first-order valence-corrected chi connectivity index (χ1v) is 4.42. The molecule has 0 radical (unpaired) electrons. The van der Waals surface area contributed by atoms with Gasteiger partial charge in [-0.2, -0.15) is 0 Å². The van der Waals surface area contributed by atoms with Crippen LogP contribution in [0.25, 0.3) is 0 Å². The van der Waals surface area contributed by atoms with Crippen molar-refractivity contribution in [3.63, 3.8) is 0 Å². The van der Waals surface area contributed by atoms with Crippen LogP contribution in [0.2, 0.25) is 0 Å². The molecule has 1 aliphatic rings. The van der Waals surface area contributed by atoms with E-state index in [1.807, 2.05) is 0 Å². The molecular formula is C9H19N. The minimum Gasteiger partial charge on any atom is -0.316 e. The fourth-order valence-corrected chi connectivity index (χ4v) is 1.49. The normalized spacial score (nSPS) is 21.6. The van der Waals surface area contributed by atoms with E-state index in [-0.39, 0.29) is 0 Å². The van der Waals surface area contributed by atoms with Gasteiger partial charge in [-0.1, -0.05) is 20.8 Å². The summed E-state index contributed by atoms with van der Waals surface area (Å²) in [5.41, 5.74) is 0.690. The van der Waals surface area contributed by atoms with Gasteiger partial charge in [0.15, 0.2) is 0 Å². The molecule has 60 valence electrons. The Balaban J connectivity index is 2.24. The van der Waals surface area contributed by atoms with Crippen molar-refractivity contribution in [2.45, 2.75) is 33.6 Å². The van der Waals surface area contributed by atoms with Gasteiger partial charge in [0.05, 0.1) is 0 Å². The highest BCUT2D eigenvalue weighted by molar-refractivity contribution is 4.96. The summed E-state index contributed by atoms with van der Waals surface area (Å²) in [6, 6.07) is 0. The Hall–Kier alpha value is -0.0400. The van der Waals surface area contributed by atoms with E-state index in [2.05, 4.69) is 26.1 Å². The van der Waals surface area contributed by atoms with Crippen LogP contribution in [0.1, 0.15) is 33.6 Å². The van der Waals surface area contributed by atoms with Crippen LogP contribution in [0.15, 0.2) is 0 Å². The molecule has 0 spiro atoms. The Morgan fingerprint density at radius 1 is 1.40 bits per heavy atom. The standard InChI is InChI=1S/C9H19N/c1-4-10-7-9(5-6-9)8(2)3/h8,10H,4-7H2,1-3H3. The Kier molecular flexibility index (Phi) is 2.35. The van der Waals surface area contributed by atoms with E-state index in [1.54, 1.807) is 0 Å². The first-order valence-electron chi connectivity index (χ1n) is 4.42. The summed E-state index contributed by atoms with van der Waals surface area (Å²) in [7, 11) is 0. The van der Waals surface area contributed by atoms with Crippen LogP contribution in [-0.4, -0.2) is 13.1 Å². The second kappa shape index (κ2) is 2.91. The Morgan fingerprint density at radius 2 is 2.00 bits per heavy atom. The minimum atomic E-state index is 0.690. The third-order valence-electron chi connectivity index (χ3n) is 2.84. The maximum absolute atomic E-state index is 3.43. The molecule has 0 aromatic carbocycles. The summed E-state index contributed by atoms with van der Waals surface area (Å²) in [4.78, 5) is 0. The number of hydrogen-bond acceptors (Lipinski definition) is 1. The molecule has 0 unspecified atom stereocenters. The van der Waals surface area contributed by atoms with Gasteiger partial charge in [-0.05, 0) is 30.7 Å². The van der Waals surface area contributed by atoms with Gasteiger partial charge in [-0.15, -0.1) is 0 Å². The molecule has 1 rings (SSSR count). The summed E-state index contributed by atoms with van der Waals surface area (Å²) in [5.74, 6) is 0.867. The molecule has 1 nitrogen and oxygen atoms in total. The molecule has 0 aromatic heterocycles. The number of nitrogens with one attached hydrogen (secondary N) is 1. The van der Waals surface area contributed by atoms with E-state index in [4.69, 9.17) is 0 Å². The van der Waals surface area contributed by atoms with Crippen molar-refractivity contribution >= 4 is 0 Å². The molecule has 1 saturated carbocycles. The van der Waals surface area contributed by atoms with Crippen LogP contribution in [0, 0.1) is 11.3 Å². The molecule has 10 heavy (non-hydrogen) atoms. The zero-order valence-corrected chi connectivity index (χ0v) is 7.41. The molecule has 0 heterocycles. The summed E-state index contributed by atoms with van der Waals surface area (Å²) >= 11 is 0. The van der Waals surface area contributed by atoms with Crippen LogP contribution >= 0.6 is 0 Å².